The second-order valence-corrected chi connectivity index (χ2v) is 3.29. The first-order chi connectivity index (χ1) is 6.83. The van der Waals surface area contributed by atoms with Crippen LogP contribution in [-0.2, 0) is 0 Å². The second kappa shape index (κ2) is 3.54. The van der Waals surface area contributed by atoms with Gasteiger partial charge in [-0.2, -0.15) is 0 Å². The Balaban J connectivity index is 2.39. The summed E-state index contributed by atoms with van der Waals surface area (Å²) in [6, 6.07) is 8.27. The van der Waals surface area contributed by atoms with Gasteiger partial charge in [0.25, 0.3) is 0 Å². The minimum absolute atomic E-state index is 0.809. The van der Waals surface area contributed by atoms with Gasteiger partial charge in [-0.15, -0.1) is 6.58 Å². The van der Waals surface area contributed by atoms with Gasteiger partial charge >= 0.3 is 0 Å². The summed E-state index contributed by atoms with van der Waals surface area (Å²) in [6.45, 7) is 8.62. The van der Waals surface area contributed by atoms with Crippen LogP contribution in [0.5, 0.6) is 0 Å². The van der Waals surface area contributed by atoms with Gasteiger partial charge in [0.05, 0.1) is 0 Å². The zero-order valence-corrected chi connectivity index (χ0v) is 8.11. The van der Waals surface area contributed by atoms with Gasteiger partial charge in [0, 0.05) is 24.0 Å². The van der Waals surface area contributed by atoms with Crippen LogP contribution >= 0.6 is 0 Å². The smallest absolute Gasteiger partial charge is 0.0415 e. The Bertz CT molecular complexity index is 401. The Morgan fingerprint density at radius 1 is 1.29 bits per heavy atom. The molecule has 14 heavy (non-hydrogen) atoms. The molecule has 0 fully saturated rings. The minimum Gasteiger partial charge on any atom is -0.344 e. The van der Waals surface area contributed by atoms with Crippen molar-refractivity contribution in [3.05, 3.63) is 60.8 Å². The predicted molar refractivity (Wildman–Crippen MR) is 61.4 cm³/mol. The summed E-state index contributed by atoms with van der Waals surface area (Å²) < 4.78 is 0. The molecule has 1 nitrogen and oxygen atoms in total. The summed E-state index contributed by atoms with van der Waals surface area (Å²) in [5.41, 5.74) is 3.48. The maximum atomic E-state index is 4.08. The largest absolute Gasteiger partial charge is 0.344 e. The lowest BCUT2D eigenvalue weighted by Crippen LogP contribution is -2.17. The summed E-state index contributed by atoms with van der Waals surface area (Å²) in [6.07, 6.45) is 6.03. The van der Waals surface area contributed by atoms with E-state index in [0.717, 1.165) is 12.2 Å². The van der Waals surface area contributed by atoms with Gasteiger partial charge in [-0.25, -0.2) is 0 Å². The van der Waals surface area contributed by atoms with Crippen molar-refractivity contribution in [2.24, 2.45) is 0 Å². The molecule has 0 aliphatic carbocycles. The third-order valence-electron chi connectivity index (χ3n) is 2.38. The fraction of sp³-hybridized carbons (Fsp3) is 0.0769. The molecule has 1 heterocycles. The zero-order valence-electron chi connectivity index (χ0n) is 8.11. The van der Waals surface area contributed by atoms with Crippen LogP contribution in [-0.4, -0.2) is 11.4 Å². The quantitative estimate of drug-likeness (QED) is 0.637. The van der Waals surface area contributed by atoms with Crippen LogP contribution in [0.1, 0.15) is 11.1 Å². The number of fused-ring (bicyclic) bond motifs is 1. The first kappa shape index (κ1) is 8.82. The van der Waals surface area contributed by atoms with Gasteiger partial charge in [0.15, 0.2) is 0 Å². The highest BCUT2D eigenvalue weighted by Crippen LogP contribution is 2.27. The van der Waals surface area contributed by atoms with Crippen molar-refractivity contribution in [3.63, 3.8) is 0 Å². The molecule has 1 aliphatic heterocycles. The first-order valence-corrected chi connectivity index (χ1v) is 4.67. The van der Waals surface area contributed by atoms with Crippen molar-refractivity contribution in [3.8, 4) is 0 Å². The van der Waals surface area contributed by atoms with E-state index >= 15 is 0 Å². The lowest BCUT2D eigenvalue weighted by atomic mass is 10.0. The van der Waals surface area contributed by atoms with E-state index in [-0.39, 0.29) is 0 Å². The molecule has 1 aliphatic rings. The van der Waals surface area contributed by atoms with Gasteiger partial charge in [0.1, 0.15) is 0 Å². The summed E-state index contributed by atoms with van der Waals surface area (Å²) >= 11 is 0. The van der Waals surface area contributed by atoms with Crippen molar-refractivity contribution in [2.75, 3.05) is 6.54 Å². The van der Waals surface area contributed by atoms with E-state index in [1.807, 2.05) is 24.4 Å². The van der Waals surface area contributed by atoms with Crippen LogP contribution in [0.3, 0.4) is 0 Å². The molecule has 2 rings (SSSR count). The third-order valence-corrected chi connectivity index (χ3v) is 2.38. The van der Waals surface area contributed by atoms with E-state index in [9.17, 15) is 0 Å². The van der Waals surface area contributed by atoms with Crippen molar-refractivity contribution in [1.82, 2.24) is 4.90 Å². The Kier molecular flexibility index (Phi) is 2.23. The van der Waals surface area contributed by atoms with E-state index in [1.165, 1.54) is 11.1 Å². The number of rotatable bonds is 2. The Labute approximate surface area is 84.7 Å². The van der Waals surface area contributed by atoms with Crippen LogP contribution in [0.2, 0.25) is 0 Å². The summed E-state index contributed by atoms with van der Waals surface area (Å²) in [4.78, 5) is 2.09. The molecule has 0 radical (unpaired) electrons. The number of nitrogens with zero attached hydrogens (tertiary/aromatic N) is 1. The predicted octanol–water partition coefficient (Wildman–Crippen LogP) is 3.13. The van der Waals surface area contributed by atoms with Gasteiger partial charge in [-0.1, -0.05) is 36.9 Å². The molecule has 0 spiro atoms. The van der Waals surface area contributed by atoms with Gasteiger partial charge in [-0.3, -0.25) is 0 Å². The molecule has 1 aromatic rings. The molecule has 0 saturated heterocycles. The minimum atomic E-state index is 0.809. The number of hydrogen-bond acceptors (Lipinski definition) is 1. The fourth-order valence-electron chi connectivity index (χ4n) is 1.63. The highest BCUT2D eigenvalue weighted by Gasteiger charge is 2.12. The van der Waals surface area contributed by atoms with Crippen LogP contribution in [0.25, 0.3) is 11.8 Å². The van der Waals surface area contributed by atoms with Gasteiger partial charge in [-0.05, 0) is 11.6 Å². The molecule has 0 amide bonds. The van der Waals surface area contributed by atoms with Crippen LogP contribution in [0, 0.1) is 0 Å². The van der Waals surface area contributed by atoms with E-state index in [4.69, 9.17) is 0 Å². The SMILES string of the molecule is C=CCN1C=Cc2ccccc2C1=C. The molecule has 70 valence electrons. The standard InChI is InChI=1S/C13H13N/c1-3-9-14-10-8-12-6-4-5-7-13(12)11(14)2/h3-8,10H,1-2,9H2. The topological polar surface area (TPSA) is 3.24 Å². The first-order valence-electron chi connectivity index (χ1n) is 4.67. The van der Waals surface area contributed by atoms with Gasteiger partial charge < -0.3 is 4.90 Å². The average molecular weight is 183 g/mol. The summed E-state index contributed by atoms with van der Waals surface area (Å²) in [5.74, 6) is 0. The highest BCUT2D eigenvalue weighted by molar-refractivity contribution is 5.76. The van der Waals surface area contributed by atoms with Crippen LogP contribution < -0.4 is 0 Å². The molecular weight excluding hydrogens is 170 g/mol. The third kappa shape index (κ3) is 1.37. The van der Waals surface area contributed by atoms with Crippen molar-refractivity contribution in [1.29, 1.82) is 0 Å². The molecule has 0 aromatic heterocycles. The van der Waals surface area contributed by atoms with Crippen molar-refractivity contribution < 1.29 is 0 Å². The lowest BCUT2D eigenvalue weighted by molar-refractivity contribution is 0.594. The highest BCUT2D eigenvalue weighted by atomic mass is 15.1. The molecular formula is C13H13N. The van der Waals surface area contributed by atoms with E-state index < -0.39 is 0 Å². The molecule has 0 unspecified atom stereocenters. The Morgan fingerprint density at radius 2 is 2.07 bits per heavy atom. The summed E-state index contributed by atoms with van der Waals surface area (Å²) in [5, 5.41) is 0. The number of benzene rings is 1. The van der Waals surface area contributed by atoms with Gasteiger partial charge in [0.2, 0.25) is 0 Å². The number of hydrogen-bond donors (Lipinski definition) is 0. The second-order valence-electron chi connectivity index (χ2n) is 3.29. The zero-order chi connectivity index (χ0) is 9.97. The van der Waals surface area contributed by atoms with Crippen LogP contribution in [0.15, 0.2) is 49.7 Å². The van der Waals surface area contributed by atoms with Crippen molar-refractivity contribution >= 4 is 11.8 Å². The van der Waals surface area contributed by atoms with Crippen molar-refractivity contribution in [2.45, 2.75) is 0 Å². The van der Waals surface area contributed by atoms with Crippen LogP contribution in [0.4, 0.5) is 0 Å². The molecule has 0 saturated carbocycles. The van der Waals surface area contributed by atoms with E-state index in [0.29, 0.717) is 0 Å². The normalized spacial score (nSPS) is 14.0. The average Bonchev–Trinajstić information content (AvgIpc) is 2.23. The summed E-state index contributed by atoms with van der Waals surface area (Å²) in [7, 11) is 0. The maximum absolute atomic E-state index is 4.08. The monoisotopic (exact) mass is 183 g/mol. The maximum Gasteiger partial charge on any atom is 0.0415 e. The fourth-order valence-corrected chi connectivity index (χ4v) is 1.63. The molecule has 1 aromatic carbocycles. The Morgan fingerprint density at radius 3 is 2.86 bits per heavy atom. The molecule has 0 N–H and O–H groups in total. The van der Waals surface area contributed by atoms with E-state index in [1.54, 1.807) is 0 Å². The Hall–Kier alpha value is -1.76. The van der Waals surface area contributed by atoms with E-state index in [2.05, 4.69) is 36.3 Å². The molecule has 1 heteroatoms. The lowest BCUT2D eigenvalue weighted by Gasteiger charge is -2.26. The molecule has 0 atom stereocenters. The molecule has 0 bridgehead atoms.